The van der Waals surface area contributed by atoms with Gasteiger partial charge >= 0.3 is 12.1 Å². The van der Waals surface area contributed by atoms with Crippen molar-refractivity contribution in [3.05, 3.63) is 51.0 Å². The first-order valence-corrected chi connectivity index (χ1v) is 15.0. The molecule has 1 aromatic carbocycles. The number of aromatic nitrogens is 2. The minimum Gasteiger partial charge on any atom is -0.481 e. The molecule has 0 saturated heterocycles. The van der Waals surface area contributed by atoms with Crippen molar-refractivity contribution < 1.29 is 37.1 Å². The SMILES string of the molecule is CC1(C)CCC(CN(CC(=O)c2c(Cl)cc(F)cc2Cl)C(=O)c2cnn(C3CCC(C)(C(=O)O)CC3)c2C(F)(F)F)CC1. The number of alkyl halides is 3. The van der Waals surface area contributed by atoms with Gasteiger partial charge in [-0.3, -0.25) is 19.1 Å². The molecule has 1 amide bonds. The van der Waals surface area contributed by atoms with Gasteiger partial charge in [-0.25, -0.2) is 4.39 Å². The number of carboxylic acids is 1. The van der Waals surface area contributed by atoms with Gasteiger partial charge in [0.2, 0.25) is 0 Å². The standard InChI is InChI=1S/C30H35Cl2F4N3O4/c1-28(2)8-4-17(5-9-28)15-38(16-23(40)24-21(31)12-18(33)13-22(24)32)26(41)20-14-37-39(25(20)30(34,35)36)19-6-10-29(3,11-7-19)27(42)43/h12-14,17,19H,4-11,15-16H2,1-3H3,(H,42,43). The van der Waals surface area contributed by atoms with E-state index in [0.29, 0.717) is 0 Å². The minimum atomic E-state index is -4.96. The van der Waals surface area contributed by atoms with Crippen molar-refractivity contribution in [3.8, 4) is 0 Å². The van der Waals surface area contributed by atoms with Crippen LogP contribution in [0.4, 0.5) is 17.6 Å². The second-order valence-corrected chi connectivity index (χ2v) is 13.7. The van der Waals surface area contributed by atoms with Crippen LogP contribution in [-0.4, -0.2) is 50.5 Å². The molecule has 0 aliphatic heterocycles. The molecule has 2 aliphatic rings. The third-order valence-electron chi connectivity index (χ3n) is 9.06. The van der Waals surface area contributed by atoms with E-state index in [2.05, 4.69) is 18.9 Å². The van der Waals surface area contributed by atoms with Crippen molar-refractivity contribution in [2.75, 3.05) is 13.1 Å². The van der Waals surface area contributed by atoms with Gasteiger partial charge in [0.15, 0.2) is 11.5 Å². The number of carbonyl (C=O) groups excluding carboxylic acids is 2. The molecule has 0 spiro atoms. The number of amides is 1. The number of Topliss-reactive ketones (excluding diaryl/α,β-unsaturated/α-hetero) is 1. The predicted molar refractivity (Wildman–Crippen MR) is 153 cm³/mol. The topological polar surface area (TPSA) is 92.5 Å². The fourth-order valence-corrected chi connectivity index (χ4v) is 6.85. The highest BCUT2D eigenvalue weighted by molar-refractivity contribution is 6.40. The van der Waals surface area contributed by atoms with E-state index < -0.39 is 58.9 Å². The van der Waals surface area contributed by atoms with E-state index in [1.165, 1.54) is 0 Å². The summed E-state index contributed by atoms with van der Waals surface area (Å²) in [4.78, 5) is 40.0. The normalized spacial score (nSPS) is 22.8. The van der Waals surface area contributed by atoms with Gasteiger partial charge in [-0.2, -0.15) is 18.3 Å². The summed E-state index contributed by atoms with van der Waals surface area (Å²) in [5.74, 6) is -3.58. The molecule has 0 unspecified atom stereocenters. The van der Waals surface area contributed by atoms with E-state index in [1.54, 1.807) is 6.92 Å². The van der Waals surface area contributed by atoms with Crippen molar-refractivity contribution in [2.24, 2.45) is 16.7 Å². The van der Waals surface area contributed by atoms with Gasteiger partial charge in [0.25, 0.3) is 5.91 Å². The Labute approximate surface area is 257 Å². The number of carboxylic acid groups (broad SMARTS) is 1. The number of rotatable bonds is 8. The van der Waals surface area contributed by atoms with E-state index in [9.17, 15) is 37.1 Å². The van der Waals surface area contributed by atoms with E-state index in [0.717, 1.165) is 53.6 Å². The molecule has 1 N–H and O–H groups in total. The monoisotopic (exact) mass is 647 g/mol. The Morgan fingerprint density at radius 3 is 2.09 bits per heavy atom. The molecule has 2 aromatic rings. The molecule has 0 atom stereocenters. The number of benzene rings is 1. The van der Waals surface area contributed by atoms with Crippen LogP contribution in [-0.2, 0) is 11.0 Å². The van der Waals surface area contributed by atoms with Crippen LogP contribution in [0.15, 0.2) is 18.3 Å². The van der Waals surface area contributed by atoms with Crippen LogP contribution in [0, 0.1) is 22.6 Å². The van der Waals surface area contributed by atoms with Crippen LogP contribution in [0.5, 0.6) is 0 Å². The number of hydrogen-bond acceptors (Lipinski definition) is 4. The number of halogens is 6. The largest absolute Gasteiger partial charge is 0.481 e. The van der Waals surface area contributed by atoms with Crippen LogP contribution in [0.2, 0.25) is 10.0 Å². The first-order chi connectivity index (χ1) is 19.9. The predicted octanol–water partition coefficient (Wildman–Crippen LogP) is 8.10. The van der Waals surface area contributed by atoms with Gasteiger partial charge in [-0.05, 0) is 81.8 Å². The van der Waals surface area contributed by atoms with Gasteiger partial charge in [-0.1, -0.05) is 37.0 Å². The van der Waals surface area contributed by atoms with E-state index >= 15 is 0 Å². The number of aliphatic carboxylic acids is 1. The Morgan fingerprint density at radius 2 is 1.58 bits per heavy atom. The summed E-state index contributed by atoms with van der Waals surface area (Å²) in [6.07, 6.45) is -0.337. The lowest BCUT2D eigenvalue weighted by atomic mass is 9.73. The summed E-state index contributed by atoms with van der Waals surface area (Å²) >= 11 is 12.2. The highest BCUT2D eigenvalue weighted by Gasteiger charge is 2.45. The molecule has 2 aliphatic carbocycles. The average Bonchev–Trinajstić information content (AvgIpc) is 3.35. The summed E-state index contributed by atoms with van der Waals surface area (Å²) in [5.41, 5.74) is -3.10. The zero-order valence-electron chi connectivity index (χ0n) is 24.2. The highest BCUT2D eigenvalue weighted by atomic mass is 35.5. The molecule has 1 heterocycles. The molecule has 4 rings (SSSR count). The third kappa shape index (κ3) is 7.36. The number of nitrogens with zero attached hydrogens (tertiary/aromatic N) is 3. The number of ketones is 1. The van der Waals surface area contributed by atoms with Crippen molar-refractivity contribution in [3.63, 3.8) is 0 Å². The second-order valence-electron chi connectivity index (χ2n) is 12.9. The molecule has 13 heteroatoms. The van der Waals surface area contributed by atoms with Crippen LogP contribution in [0.25, 0.3) is 0 Å². The van der Waals surface area contributed by atoms with Gasteiger partial charge in [0.05, 0.1) is 45.4 Å². The van der Waals surface area contributed by atoms with Gasteiger partial charge in [0, 0.05) is 6.54 Å². The van der Waals surface area contributed by atoms with Crippen molar-refractivity contribution >= 4 is 40.9 Å². The zero-order chi connectivity index (χ0) is 31.9. The molecule has 7 nitrogen and oxygen atoms in total. The maximum absolute atomic E-state index is 14.6. The first-order valence-electron chi connectivity index (χ1n) is 14.3. The van der Waals surface area contributed by atoms with Crippen LogP contribution < -0.4 is 0 Å². The third-order valence-corrected chi connectivity index (χ3v) is 9.66. The Balaban J connectivity index is 1.67. The lowest BCUT2D eigenvalue weighted by Gasteiger charge is -2.36. The molecule has 43 heavy (non-hydrogen) atoms. The molecule has 0 bridgehead atoms. The molecule has 236 valence electrons. The van der Waals surface area contributed by atoms with Crippen molar-refractivity contribution in [1.29, 1.82) is 0 Å². The Kier molecular flexibility index (Phi) is 9.57. The van der Waals surface area contributed by atoms with Crippen molar-refractivity contribution in [1.82, 2.24) is 14.7 Å². The molecular formula is C30H35Cl2F4N3O4. The van der Waals surface area contributed by atoms with Crippen LogP contribution >= 0.6 is 23.2 Å². The summed E-state index contributed by atoms with van der Waals surface area (Å²) in [7, 11) is 0. The smallest absolute Gasteiger partial charge is 0.433 e. The van der Waals surface area contributed by atoms with Gasteiger partial charge in [-0.15, -0.1) is 0 Å². The molecule has 0 radical (unpaired) electrons. The second kappa shape index (κ2) is 12.4. The first kappa shape index (κ1) is 33.2. The maximum atomic E-state index is 14.6. The maximum Gasteiger partial charge on any atom is 0.433 e. The lowest BCUT2D eigenvalue weighted by molar-refractivity contribution is -0.152. The Hall–Kier alpha value is -2.66. The zero-order valence-corrected chi connectivity index (χ0v) is 25.8. The summed E-state index contributed by atoms with van der Waals surface area (Å²) in [6.45, 7) is 5.23. The average molecular weight is 649 g/mol. The number of hydrogen-bond donors (Lipinski definition) is 1. The Morgan fingerprint density at radius 1 is 1.02 bits per heavy atom. The summed E-state index contributed by atoms with van der Waals surface area (Å²) in [6, 6.07) is 1.06. The minimum absolute atomic E-state index is 0.0277. The fraction of sp³-hybridized carbons (Fsp3) is 0.600. The molecule has 2 saturated carbocycles. The Bertz CT molecular complexity index is 1370. The summed E-state index contributed by atoms with van der Waals surface area (Å²) < 4.78 is 58.2. The molecular weight excluding hydrogens is 613 g/mol. The lowest BCUT2D eigenvalue weighted by Crippen LogP contribution is -2.41. The number of carbonyl (C=O) groups is 3. The van der Waals surface area contributed by atoms with Gasteiger partial charge < -0.3 is 10.0 Å². The fourth-order valence-electron chi connectivity index (χ4n) is 6.18. The van der Waals surface area contributed by atoms with E-state index in [1.807, 2.05) is 0 Å². The quantitative estimate of drug-likeness (QED) is 0.231. The van der Waals surface area contributed by atoms with Crippen LogP contribution in [0.3, 0.4) is 0 Å². The van der Waals surface area contributed by atoms with Crippen molar-refractivity contribution in [2.45, 2.75) is 84.4 Å². The van der Waals surface area contributed by atoms with Crippen LogP contribution in [0.1, 0.15) is 105 Å². The van der Waals surface area contributed by atoms with E-state index in [-0.39, 0.29) is 59.2 Å². The van der Waals surface area contributed by atoms with E-state index in [4.69, 9.17) is 23.2 Å². The molecule has 2 fully saturated rings. The molecule has 1 aromatic heterocycles. The summed E-state index contributed by atoms with van der Waals surface area (Å²) in [5, 5.41) is 13.0. The van der Waals surface area contributed by atoms with Gasteiger partial charge in [0.1, 0.15) is 5.82 Å². The highest BCUT2D eigenvalue weighted by Crippen LogP contribution is 2.44.